The van der Waals surface area contributed by atoms with Gasteiger partial charge in [0.05, 0.1) is 16.6 Å². The zero-order valence-electron chi connectivity index (χ0n) is 15.1. The van der Waals surface area contributed by atoms with Gasteiger partial charge in [0.25, 0.3) is 5.95 Å². The third kappa shape index (κ3) is 3.45. The molecular formula is C19H18N6O2S. The Morgan fingerprint density at radius 2 is 1.89 bits per heavy atom. The first-order valence-electron chi connectivity index (χ1n) is 8.55. The van der Waals surface area contributed by atoms with Crippen LogP contribution < -0.4 is 10.5 Å². The van der Waals surface area contributed by atoms with Crippen molar-refractivity contribution >= 4 is 26.7 Å². The van der Waals surface area contributed by atoms with E-state index in [1.165, 1.54) is 6.07 Å². The number of sulfonamides is 1. The molecule has 3 N–H and O–H groups in total. The molecule has 28 heavy (non-hydrogen) atoms. The number of nitrogens with one attached hydrogen (secondary N) is 1. The van der Waals surface area contributed by atoms with Gasteiger partial charge in [0.1, 0.15) is 0 Å². The van der Waals surface area contributed by atoms with Gasteiger partial charge >= 0.3 is 0 Å². The van der Waals surface area contributed by atoms with Gasteiger partial charge in [-0.3, -0.25) is 4.57 Å². The molecule has 2 aromatic heterocycles. The lowest BCUT2D eigenvalue weighted by Gasteiger charge is -2.09. The SMILES string of the molecule is Cc1cc2c(S(N)(=O)=O)cccc2n1-c1nncc(NCc2ccccc2)n1. The van der Waals surface area contributed by atoms with Crippen molar-refractivity contribution in [1.29, 1.82) is 0 Å². The fourth-order valence-corrected chi connectivity index (χ4v) is 3.85. The largest absolute Gasteiger partial charge is 0.365 e. The summed E-state index contributed by atoms with van der Waals surface area (Å²) >= 11 is 0. The summed E-state index contributed by atoms with van der Waals surface area (Å²) < 4.78 is 25.5. The molecule has 0 aliphatic carbocycles. The lowest BCUT2D eigenvalue weighted by Crippen LogP contribution is -2.12. The summed E-state index contributed by atoms with van der Waals surface area (Å²) in [5, 5.41) is 17.2. The number of fused-ring (bicyclic) bond motifs is 1. The Bertz CT molecular complexity index is 1250. The van der Waals surface area contributed by atoms with Crippen LogP contribution in [0.3, 0.4) is 0 Å². The normalized spacial score (nSPS) is 11.6. The standard InChI is InChI=1S/C19H18N6O2S/c1-13-10-15-16(8-5-9-17(15)28(20,26)27)25(13)19-23-18(12-22-24-19)21-11-14-6-3-2-4-7-14/h2-10,12H,11H2,1H3,(H2,20,26,27)(H,21,23,24). The van der Waals surface area contributed by atoms with Gasteiger partial charge in [0.15, 0.2) is 5.82 Å². The second-order valence-corrected chi connectivity index (χ2v) is 7.87. The third-order valence-electron chi connectivity index (χ3n) is 4.36. The Hall–Kier alpha value is -3.30. The maximum absolute atomic E-state index is 11.9. The van der Waals surface area contributed by atoms with E-state index in [9.17, 15) is 8.42 Å². The van der Waals surface area contributed by atoms with E-state index >= 15 is 0 Å². The smallest absolute Gasteiger partial charge is 0.256 e. The minimum atomic E-state index is -3.84. The number of aryl methyl sites for hydroxylation is 1. The monoisotopic (exact) mass is 394 g/mol. The van der Waals surface area contributed by atoms with Crippen LogP contribution in [-0.4, -0.2) is 28.2 Å². The Balaban J connectivity index is 1.74. The van der Waals surface area contributed by atoms with Gasteiger partial charge in [0, 0.05) is 17.6 Å². The highest BCUT2D eigenvalue weighted by atomic mass is 32.2. The first kappa shape index (κ1) is 18.1. The minimum absolute atomic E-state index is 0.0677. The van der Waals surface area contributed by atoms with Crippen LogP contribution in [0.2, 0.25) is 0 Å². The number of anilines is 1. The van der Waals surface area contributed by atoms with E-state index in [-0.39, 0.29) is 4.90 Å². The molecular weight excluding hydrogens is 376 g/mol. The molecule has 8 nitrogen and oxygen atoms in total. The number of rotatable bonds is 5. The molecule has 0 spiro atoms. The van der Waals surface area contributed by atoms with E-state index in [0.29, 0.717) is 29.2 Å². The number of aromatic nitrogens is 4. The maximum atomic E-state index is 11.9. The van der Waals surface area contributed by atoms with Crippen molar-refractivity contribution in [2.75, 3.05) is 5.32 Å². The average Bonchev–Trinajstić information content (AvgIpc) is 3.02. The second-order valence-electron chi connectivity index (χ2n) is 6.34. The zero-order valence-corrected chi connectivity index (χ0v) is 15.9. The van der Waals surface area contributed by atoms with Crippen molar-refractivity contribution in [3.05, 3.63) is 72.1 Å². The van der Waals surface area contributed by atoms with Crippen molar-refractivity contribution in [2.24, 2.45) is 5.14 Å². The highest BCUT2D eigenvalue weighted by Gasteiger charge is 2.18. The molecule has 4 rings (SSSR count). The van der Waals surface area contributed by atoms with Crippen LogP contribution in [0.25, 0.3) is 16.9 Å². The van der Waals surface area contributed by atoms with Crippen LogP contribution in [0.1, 0.15) is 11.3 Å². The van der Waals surface area contributed by atoms with Crippen LogP contribution >= 0.6 is 0 Å². The van der Waals surface area contributed by atoms with Crippen LogP contribution in [-0.2, 0) is 16.6 Å². The molecule has 0 amide bonds. The molecule has 9 heteroatoms. The van der Waals surface area contributed by atoms with E-state index in [1.807, 2.05) is 37.3 Å². The molecule has 0 saturated carbocycles. The lowest BCUT2D eigenvalue weighted by atomic mass is 10.2. The van der Waals surface area contributed by atoms with Gasteiger partial charge in [-0.25, -0.2) is 13.6 Å². The summed E-state index contributed by atoms with van der Waals surface area (Å²) in [7, 11) is -3.84. The summed E-state index contributed by atoms with van der Waals surface area (Å²) in [6.07, 6.45) is 1.54. The molecule has 0 radical (unpaired) electrons. The third-order valence-corrected chi connectivity index (χ3v) is 5.33. The highest BCUT2D eigenvalue weighted by Crippen LogP contribution is 2.27. The molecule has 4 aromatic rings. The van der Waals surface area contributed by atoms with Crippen LogP contribution in [0.5, 0.6) is 0 Å². The summed E-state index contributed by atoms with van der Waals surface area (Å²) in [6, 6.07) is 16.6. The number of hydrogen-bond acceptors (Lipinski definition) is 6. The Morgan fingerprint density at radius 3 is 2.64 bits per heavy atom. The topological polar surface area (TPSA) is 116 Å². The fourth-order valence-electron chi connectivity index (χ4n) is 3.11. The van der Waals surface area contributed by atoms with E-state index in [4.69, 9.17) is 5.14 Å². The summed E-state index contributed by atoms with van der Waals surface area (Å²) in [4.78, 5) is 4.60. The maximum Gasteiger partial charge on any atom is 0.256 e. The van der Waals surface area contributed by atoms with Crippen molar-refractivity contribution in [2.45, 2.75) is 18.4 Å². The first-order valence-corrected chi connectivity index (χ1v) is 10.1. The van der Waals surface area contributed by atoms with Crippen LogP contribution in [0, 0.1) is 6.92 Å². The van der Waals surface area contributed by atoms with Crippen molar-refractivity contribution < 1.29 is 8.42 Å². The molecule has 0 fully saturated rings. The lowest BCUT2D eigenvalue weighted by molar-refractivity contribution is 0.598. The van der Waals surface area contributed by atoms with E-state index in [0.717, 1.165) is 11.3 Å². The first-order chi connectivity index (χ1) is 13.4. The molecule has 0 atom stereocenters. The Morgan fingerprint density at radius 1 is 1.11 bits per heavy atom. The van der Waals surface area contributed by atoms with Gasteiger partial charge in [-0.15, -0.1) is 5.10 Å². The van der Waals surface area contributed by atoms with Gasteiger partial charge < -0.3 is 5.32 Å². The number of nitrogens with two attached hydrogens (primary N) is 1. The van der Waals surface area contributed by atoms with Gasteiger partial charge in [-0.05, 0) is 30.7 Å². The molecule has 142 valence electrons. The van der Waals surface area contributed by atoms with Crippen molar-refractivity contribution in [1.82, 2.24) is 19.7 Å². The Kier molecular flexibility index (Phi) is 4.54. The molecule has 0 aliphatic heterocycles. The quantitative estimate of drug-likeness (QED) is 0.537. The minimum Gasteiger partial charge on any atom is -0.365 e. The fraction of sp³-hybridized carbons (Fsp3) is 0.105. The second kappa shape index (κ2) is 7.02. The zero-order chi connectivity index (χ0) is 19.7. The molecule has 2 heterocycles. The summed E-state index contributed by atoms with van der Waals surface area (Å²) in [5.41, 5.74) is 2.53. The van der Waals surface area contributed by atoms with Gasteiger partial charge in [0.2, 0.25) is 10.0 Å². The number of hydrogen-bond donors (Lipinski definition) is 2. The number of nitrogens with zero attached hydrogens (tertiary/aromatic N) is 4. The van der Waals surface area contributed by atoms with E-state index in [1.54, 1.807) is 29.0 Å². The van der Waals surface area contributed by atoms with Crippen molar-refractivity contribution in [3.63, 3.8) is 0 Å². The van der Waals surface area contributed by atoms with Crippen LogP contribution in [0.4, 0.5) is 5.82 Å². The summed E-state index contributed by atoms with van der Waals surface area (Å²) in [6.45, 7) is 2.44. The van der Waals surface area contributed by atoms with Gasteiger partial charge in [-0.1, -0.05) is 36.4 Å². The molecule has 0 bridgehead atoms. The molecule has 0 unspecified atom stereocenters. The van der Waals surface area contributed by atoms with Crippen molar-refractivity contribution in [3.8, 4) is 5.95 Å². The van der Waals surface area contributed by atoms with Crippen LogP contribution in [0.15, 0.2) is 65.7 Å². The number of primary sulfonamides is 1. The van der Waals surface area contributed by atoms with E-state index in [2.05, 4.69) is 20.5 Å². The average molecular weight is 394 g/mol. The van der Waals surface area contributed by atoms with E-state index < -0.39 is 10.0 Å². The summed E-state index contributed by atoms with van der Waals surface area (Å²) in [5.74, 6) is 0.912. The molecule has 2 aromatic carbocycles. The molecule has 0 saturated heterocycles. The number of benzene rings is 2. The predicted molar refractivity (Wildman–Crippen MR) is 107 cm³/mol. The highest BCUT2D eigenvalue weighted by molar-refractivity contribution is 7.89. The Labute approximate surface area is 162 Å². The van der Waals surface area contributed by atoms with Gasteiger partial charge in [-0.2, -0.15) is 10.1 Å². The molecule has 0 aliphatic rings. The predicted octanol–water partition coefficient (Wildman–Crippen LogP) is 2.38.